The summed E-state index contributed by atoms with van der Waals surface area (Å²) >= 11 is 3.35. The van der Waals surface area contributed by atoms with Crippen LogP contribution in [0.5, 0.6) is 0 Å². The predicted molar refractivity (Wildman–Crippen MR) is 215 cm³/mol. The second-order valence-corrected chi connectivity index (χ2v) is 14.2. The van der Waals surface area contributed by atoms with Crippen molar-refractivity contribution >= 4 is 46.7 Å². The van der Waals surface area contributed by atoms with Crippen molar-refractivity contribution in [3.63, 3.8) is 0 Å². The minimum Gasteiger partial charge on any atom is -0.324 e. The van der Waals surface area contributed by atoms with E-state index in [1.54, 1.807) is 35.9 Å². The van der Waals surface area contributed by atoms with Crippen LogP contribution in [0, 0.1) is 5.92 Å². The van der Waals surface area contributed by atoms with Gasteiger partial charge in [-0.2, -0.15) is 0 Å². The molecule has 2 aromatic heterocycles. The van der Waals surface area contributed by atoms with Crippen molar-refractivity contribution in [1.29, 1.82) is 0 Å². The van der Waals surface area contributed by atoms with E-state index in [1.165, 1.54) is 16.7 Å². The third-order valence-corrected chi connectivity index (χ3v) is 9.96. The first-order chi connectivity index (χ1) is 25.4. The lowest BCUT2D eigenvalue weighted by atomic mass is 10.0. The molecule has 6 rings (SSSR count). The molecular weight excluding hydrogens is 683 g/mol. The van der Waals surface area contributed by atoms with E-state index < -0.39 is 6.04 Å². The molecule has 0 fully saturated rings. The Morgan fingerprint density at radius 3 is 1.33 bits per heavy atom. The SMILES string of the molecule is C[C@@H](Cc1ccccc1)C(=O)Nc1ccc(SCc2ccccc2)nc1.N[C@@H](Cc1ccccc1)C(=O)Nc1ccc(SCc2ccccc2)nc1. The molecule has 2 heterocycles. The minimum atomic E-state index is -0.593. The number of rotatable bonds is 14. The third-order valence-electron chi connectivity index (χ3n) is 7.93. The molecule has 0 radical (unpaired) electrons. The number of amides is 2. The fourth-order valence-corrected chi connectivity index (χ4v) is 6.66. The van der Waals surface area contributed by atoms with Crippen LogP contribution in [0.25, 0.3) is 0 Å². The molecule has 0 aliphatic rings. The smallest absolute Gasteiger partial charge is 0.241 e. The molecule has 2 atom stereocenters. The van der Waals surface area contributed by atoms with E-state index in [1.807, 2.05) is 128 Å². The summed E-state index contributed by atoms with van der Waals surface area (Å²) in [4.78, 5) is 33.4. The molecule has 52 heavy (non-hydrogen) atoms. The van der Waals surface area contributed by atoms with Crippen molar-refractivity contribution in [2.45, 2.75) is 47.4 Å². The second-order valence-electron chi connectivity index (χ2n) is 12.2. The van der Waals surface area contributed by atoms with E-state index in [-0.39, 0.29) is 17.7 Å². The molecule has 0 aliphatic carbocycles. The maximum atomic E-state index is 12.4. The summed E-state index contributed by atoms with van der Waals surface area (Å²) in [7, 11) is 0. The third kappa shape index (κ3) is 13.2. The predicted octanol–water partition coefficient (Wildman–Crippen LogP) is 9.07. The molecule has 0 unspecified atom stereocenters. The standard InChI is InChI=1S/C22H22N2OS.C21H21N3OS/c1-17(14-18-8-4-2-5-9-18)22(25)24-20-12-13-21(23-15-20)26-16-19-10-6-3-7-11-19;22-19(13-16-7-3-1-4-8-16)21(25)24-18-11-12-20(23-14-18)26-15-17-9-5-2-6-10-17/h2-13,15,17H,14,16H2,1H3,(H,24,25);1-12,14,19H,13,15,22H2,(H,24,25)/t17-;19-/m00/s1. The Kier molecular flexibility index (Phi) is 15.1. The number of pyridine rings is 2. The number of hydrogen-bond acceptors (Lipinski definition) is 7. The molecule has 0 bridgehead atoms. The summed E-state index contributed by atoms with van der Waals surface area (Å²) in [5, 5.41) is 7.64. The molecule has 264 valence electrons. The van der Waals surface area contributed by atoms with E-state index in [0.717, 1.165) is 39.2 Å². The first-order valence-electron chi connectivity index (χ1n) is 17.1. The number of nitrogens with one attached hydrogen (secondary N) is 2. The van der Waals surface area contributed by atoms with Gasteiger partial charge in [0.15, 0.2) is 0 Å². The highest BCUT2D eigenvalue weighted by Crippen LogP contribution is 2.23. The van der Waals surface area contributed by atoms with Crippen molar-refractivity contribution in [3.8, 4) is 0 Å². The molecule has 6 aromatic rings. The largest absolute Gasteiger partial charge is 0.324 e. The van der Waals surface area contributed by atoms with Crippen LogP contribution in [0.3, 0.4) is 0 Å². The van der Waals surface area contributed by atoms with Gasteiger partial charge in [-0.05, 0) is 59.4 Å². The van der Waals surface area contributed by atoms with Crippen molar-refractivity contribution in [3.05, 3.63) is 180 Å². The number of nitrogens with zero attached hydrogens (tertiary/aromatic N) is 2. The van der Waals surface area contributed by atoms with Gasteiger partial charge in [-0.1, -0.05) is 128 Å². The van der Waals surface area contributed by atoms with Crippen molar-refractivity contribution in [2.24, 2.45) is 11.7 Å². The Labute approximate surface area is 314 Å². The van der Waals surface area contributed by atoms with Crippen LogP contribution in [0.2, 0.25) is 0 Å². The molecule has 0 saturated heterocycles. The minimum absolute atomic E-state index is 0.0142. The van der Waals surface area contributed by atoms with Crippen LogP contribution >= 0.6 is 23.5 Å². The Bertz CT molecular complexity index is 1790. The number of benzene rings is 4. The molecule has 7 nitrogen and oxygen atoms in total. The monoisotopic (exact) mass is 725 g/mol. The molecule has 0 aliphatic heterocycles. The number of anilines is 2. The second kappa shape index (κ2) is 20.6. The highest BCUT2D eigenvalue weighted by molar-refractivity contribution is 7.98. The lowest BCUT2D eigenvalue weighted by Crippen LogP contribution is -2.37. The molecule has 9 heteroatoms. The van der Waals surface area contributed by atoms with Crippen molar-refractivity contribution < 1.29 is 9.59 Å². The summed E-state index contributed by atoms with van der Waals surface area (Å²) < 4.78 is 0. The van der Waals surface area contributed by atoms with Crippen molar-refractivity contribution in [1.82, 2.24) is 9.97 Å². The summed E-state index contributed by atoms with van der Waals surface area (Å²) in [5.74, 6) is 1.46. The number of hydrogen-bond donors (Lipinski definition) is 3. The number of aromatic nitrogens is 2. The van der Waals surface area contributed by atoms with Gasteiger partial charge in [-0.25, -0.2) is 9.97 Å². The van der Waals surface area contributed by atoms with Crippen LogP contribution in [0.1, 0.15) is 29.2 Å². The average molecular weight is 726 g/mol. The van der Waals surface area contributed by atoms with Crippen LogP contribution in [-0.2, 0) is 33.9 Å². The Hall–Kier alpha value is -5.22. The van der Waals surface area contributed by atoms with E-state index in [9.17, 15) is 9.59 Å². The van der Waals surface area contributed by atoms with E-state index >= 15 is 0 Å². The highest BCUT2D eigenvalue weighted by atomic mass is 32.2. The number of carbonyl (C=O) groups is 2. The van der Waals surface area contributed by atoms with Gasteiger partial charge in [0.1, 0.15) is 0 Å². The topological polar surface area (TPSA) is 110 Å². The first kappa shape index (κ1) is 38.0. The molecule has 2 amide bonds. The Balaban J connectivity index is 0.000000201. The zero-order chi connectivity index (χ0) is 36.4. The van der Waals surface area contributed by atoms with Crippen LogP contribution in [0.15, 0.2) is 168 Å². The van der Waals surface area contributed by atoms with E-state index in [2.05, 4.69) is 44.9 Å². The molecule has 0 spiro atoms. The van der Waals surface area contributed by atoms with Gasteiger partial charge in [0.25, 0.3) is 0 Å². The van der Waals surface area contributed by atoms with Gasteiger partial charge >= 0.3 is 0 Å². The Morgan fingerprint density at radius 1 is 0.538 bits per heavy atom. The fraction of sp³-hybridized carbons (Fsp3) is 0.163. The highest BCUT2D eigenvalue weighted by Gasteiger charge is 2.15. The maximum absolute atomic E-state index is 12.4. The van der Waals surface area contributed by atoms with E-state index in [4.69, 9.17) is 5.73 Å². The first-order valence-corrected chi connectivity index (χ1v) is 19.1. The molecule has 0 saturated carbocycles. The lowest BCUT2D eigenvalue weighted by molar-refractivity contribution is -0.119. The quantitative estimate of drug-likeness (QED) is 0.0962. The zero-order valence-corrected chi connectivity index (χ0v) is 30.7. The van der Waals surface area contributed by atoms with E-state index in [0.29, 0.717) is 12.1 Å². The van der Waals surface area contributed by atoms with Gasteiger partial charge in [0, 0.05) is 17.4 Å². The molecule has 4 aromatic carbocycles. The Morgan fingerprint density at radius 2 is 0.923 bits per heavy atom. The molecular formula is C43H43N5O2S2. The van der Waals surface area contributed by atoms with Gasteiger partial charge in [-0.3, -0.25) is 9.59 Å². The van der Waals surface area contributed by atoms with Gasteiger partial charge < -0.3 is 16.4 Å². The van der Waals surface area contributed by atoms with Crippen LogP contribution in [-0.4, -0.2) is 27.8 Å². The number of nitrogens with two attached hydrogens (primary N) is 1. The molecule has 4 N–H and O–H groups in total. The summed E-state index contributed by atoms with van der Waals surface area (Å²) in [6.45, 7) is 1.94. The summed E-state index contributed by atoms with van der Waals surface area (Å²) in [5.41, 5.74) is 12.1. The van der Waals surface area contributed by atoms with Crippen molar-refractivity contribution in [2.75, 3.05) is 10.6 Å². The van der Waals surface area contributed by atoms with Gasteiger partial charge in [0.2, 0.25) is 11.8 Å². The normalized spacial score (nSPS) is 11.7. The number of carbonyl (C=O) groups excluding carboxylic acids is 2. The van der Waals surface area contributed by atoms with Crippen LogP contribution in [0.4, 0.5) is 11.4 Å². The van der Waals surface area contributed by atoms with Gasteiger partial charge in [-0.15, -0.1) is 23.5 Å². The maximum Gasteiger partial charge on any atom is 0.241 e. The number of thioether (sulfide) groups is 2. The van der Waals surface area contributed by atoms with Crippen LogP contribution < -0.4 is 16.4 Å². The lowest BCUT2D eigenvalue weighted by Gasteiger charge is -2.12. The summed E-state index contributed by atoms with van der Waals surface area (Å²) in [6, 6.07) is 47.4. The average Bonchev–Trinajstić information content (AvgIpc) is 3.19. The zero-order valence-electron chi connectivity index (χ0n) is 29.1. The fourth-order valence-electron chi connectivity index (χ4n) is 5.06. The summed E-state index contributed by atoms with van der Waals surface area (Å²) in [6.07, 6.45) is 4.62. The van der Waals surface area contributed by atoms with Gasteiger partial charge in [0.05, 0.1) is 39.9 Å².